The maximum Gasteiger partial charge on any atom is 0.258 e. The van der Waals surface area contributed by atoms with Crippen LogP contribution in [0, 0.1) is 68.0 Å². The van der Waals surface area contributed by atoms with Gasteiger partial charge in [-0.15, -0.1) is 0 Å². The van der Waals surface area contributed by atoms with Crippen LogP contribution in [-0.4, -0.2) is 25.9 Å². The Bertz CT molecular complexity index is 2290. The fourth-order valence-corrected chi connectivity index (χ4v) is 6.55. The SMILES string of the molecule is CN1C(=O)c2cc(C#N)c3c4c(C#N)c(C#N)c5c6c(cc(C#N)c(c7c(C#N)c(C#N)c1c2c37)c64)C(=O)N5C. The summed E-state index contributed by atoms with van der Waals surface area (Å²) >= 11 is 0. The lowest BCUT2D eigenvalue weighted by Crippen LogP contribution is -2.21. The fraction of sp³-hybridized carbons (Fsp3) is 0.0667. The van der Waals surface area contributed by atoms with Crippen molar-refractivity contribution in [3.63, 3.8) is 0 Å². The first-order valence-electron chi connectivity index (χ1n) is 11.7. The number of benzene rings is 5. The Kier molecular flexibility index (Phi) is 3.92. The molecular weight excluding hydrogens is 504 g/mol. The highest BCUT2D eigenvalue weighted by molar-refractivity contribution is 6.45. The van der Waals surface area contributed by atoms with E-state index in [1.807, 2.05) is 0 Å². The van der Waals surface area contributed by atoms with Crippen LogP contribution in [-0.2, 0) is 0 Å². The first-order chi connectivity index (χ1) is 19.3. The number of hydrogen-bond acceptors (Lipinski definition) is 8. The van der Waals surface area contributed by atoms with Gasteiger partial charge in [0.15, 0.2) is 0 Å². The molecule has 5 aromatic rings. The molecule has 0 fully saturated rings. The van der Waals surface area contributed by atoms with Gasteiger partial charge in [0, 0.05) is 57.2 Å². The van der Waals surface area contributed by atoms with Crippen LogP contribution in [0.1, 0.15) is 54.1 Å². The van der Waals surface area contributed by atoms with Crippen molar-refractivity contribution in [2.75, 3.05) is 23.9 Å². The molecule has 2 aliphatic rings. The minimum Gasteiger partial charge on any atom is -0.309 e. The van der Waals surface area contributed by atoms with Crippen LogP contribution in [0.5, 0.6) is 0 Å². The van der Waals surface area contributed by atoms with Crippen LogP contribution in [0.2, 0.25) is 0 Å². The van der Waals surface area contributed by atoms with Gasteiger partial charge in [-0.25, -0.2) is 0 Å². The number of carbonyl (C=O) groups is 2. The van der Waals surface area contributed by atoms with Crippen molar-refractivity contribution in [3.8, 4) is 36.4 Å². The van der Waals surface area contributed by atoms with Gasteiger partial charge in [0.1, 0.15) is 24.3 Å². The van der Waals surface area contributed by atoms with Crippen LogP contribution in [0.3, 0.4) is 0 Å². The van der Waals surface area contributed by atoms with Gasteiger partial charge in [-0.1, -0.05) is 0 Å². The van der Waals surface area contributed by atoms with Gasteiger partial charge in [0.25, 0.3) is 11.8 Å². The smallest absolute Gasteiger partial charge is 0.258 e. The zero-order valence-electron chi connectivity index (χ0n) is 20.5. The van der Waals surface area contributed by atoms with Gasteiger partial charge in [0.2, 0.25) is 0 Å². The molecule has 0 bridgehead atoms. The largest absolute Gasteiger partial charge is 0.309 e. The molecule has 2 aliphatic heterocycles. The second kappa shape index (κ2) is 6.98. The van der Waals surface area contributed by atoms with Gasteiger partial charge in [-0.2, -0.15) is 31.6 Å². The quantitative estimate of drug-likeness (QED) is 0.219. The van der Waals surface area contributed by atoms with E-state index in [1.54, 1.807) is 0 Å². The van der Waals surface area contributed by atoms with Crippen molar-refractivity contribution < 1.29 is 9.59 Å². The first kappa shape index (κ1) is 22.5. The lowest BCUT2D eigenvalue weighted by molar-refractivity contribution is 0.0991. The molecule has 10 heteroatoms. The highest BCUT2D eigenvalue weighted by Crippen LogP contribution is 2.55. The Morgan fingerprint density at radius 1 is 0.475 bits per heavy atom. The van der Waals surface area contributed by atoms with Crippen molar-refractivity contribution in [3.05, 3.63) is 56.6 Å². The number of rotatable bonds is 0. The summed E-state index contributed by atoms with van der Waals surface area (Å²) in [6.45, 7) is 0. The average molecular weight is 512 g/mol. The van der Waals surface area contributed by atoms with Crippen molar-refractivity contribution in [2.24, 2.45) is 0 Å². The maximum atomic E-state index is 13.3. The lowest BCUT2D eigenvalue weighted by atomic mass is 9.79. The van der Waals surface area contributed by atoms with E-state index in [9.17, 15) is 41.2 Å². The van der Waals surface area contributed by atoms with E-state index < -0.39 is 11.8 Å². The Balaban J connectivity index is 2.05. The summed E-state index contributed by atoms with van der Waals surface area (Å²) < 4.78 is 0. The molecule has 0 atom stereocenters. The molecule has 40 heavy (non-hydrogen) atoms. The zero-order chi connectivity index (χ0) is 28.4. The summed E-state index contributed by atoms with van der Waals surface area (Å²) in [6, 6.07) is 15.2. The van der Waals surface area contributed by atoms with E-state index >= 15 is 0 Å². The molecule has 7 rings (SSSR count). The van der Waals surface area contributed by atoms with Gasteiger partial charge < -0.3 is 9.80 Å². The lowest BCUT2D eigenvalue weighted by Gasteiger charge is -2.21. The topological polar surface area (TPSA) is 183 Å². The number of fused-ring (bicyclic) bond motifs is 2. The van der Waals surface area contributed by atoms with E-state index in [0.717, 1.165) is 0 Å². The molecule has 0 saturated carbocycles. The van der Waals surface area contributed by atoms with E-state index in [-0.39, 0.29) is 88.2 Å². The number of hydrogen-bond donors (Lipinski definition) is 0. The predicted octanol–water partition coefficient (Wildman–Crippen LogP) is 4.15. The number of carbonyl (C=O) groups excluding carboxylic acids is 2. The standard InChI is InChI=1S/C30H8N8O2/c1-37-27-17(9-35)15(7-33)21-20-12(6-32)4-14-24-26(20)22(16(8-34)18(10-36)28(24)38(2)30(14)40)19-11(5-31)3-13(29(37)39)23(27)25(19)21/h3-4H,1-2H3. The minimum atomic E-state index is -0.485. The van der Waals surface area contributed by atoms with E-state index in [2.05, 4.69) is 36.4 Å². The highest BCUT2D eigenvalue weighted by atomic mass is 16.2. The third kappa shape index (κ3) is 2.09. The number of amides is 2. The van der Waals surface area contributed by atoms with Crippen LogP contribution in [0.4, 0.5) is 11.4 Å². The third-order valence-corrected chi connectivity index (χ3v) is 8.03. The summed E-state index contributed by atoms with van der Waals surface area (Å²) in [5.41, 5.74) is 0.321. The summed E-state index contributed by atoms with van der Waals surface area (Å²) in [5.74, 6) is -0.970. The molecular formula is C30H8N8O2. The van der Waals surface area contributed by atoms with Gasteiger partial charge >= 0.3 is 0 Å². The number of nitrogens with zero attached hydrogens (tertiary/aromatic N) is 8. The molecule has 0 N–H and O–H groups in total. The molecule has 5 aromatic carbocycles. The summed E-state index contributed by atoms with van der Waals surface area (Å²) in [6.07, 6.45) is 0. The normalized spacial score (nSPS) is 13.1. The predicted molar refractivity (Wildman–Crippen MR) is 141 cm³/mol. The molecule has 0 aromatic heterocycles. The molecule has 2 heterocycles. The average Bonchev–Trinajstić information content (AvgIpc) is 3.38. The molecule has 180 valence electrons. The fourth-order valence-electron chi connectivity index (χ4n) is 6.55. The number of nitriles is 6. The molecule has 10 nitrogen and oxygen atoms in total. The van der Waals surface area contributed by atoms with Crippen LogP contribution in [0.15, 0.2) is 12.1 Å². The first-order valence-corrected chi connectivity index (χ1v) is 11.7. The third-order valence-electron chi connectivity index (χ3n) is 8.03. The molecule has 0 saturated heterocycles. The van der Waals surface area contributed by atoms with E-state index in [0.29, 0.717) is 10.8 Å². The Morgan fingerprint density at radius 2 is 0.825 bits per heavy atom. The van der Waals surface area contributed by atoms with Crippen molar-refractivity contribution in [2.45, 2.75) is 0 Å². The van der Waals surface area contributed by atoms with Crippen molar-refractivity contribution >= 4 is 66.3 Å². The van der Waals surface area contributed by atoms with E-state index in [1.165, 1.54) is 36.0 Å². The molecule has 0 unspecified atom stereocenters. The Labute approximate surface area is 224 Å². The van der Waals surface area contributed by atoms with Crippen molar-refractivity contribution in [1.29, 1.82) is 31.6 Å². The van der Waals surface area contributed by atoms with Crippen LogP contribution >= 0.6 is 0 Å². The molecule has 2 amide bonds. The highest BCUT2D eigenvalue weighted by Gasteiger charge is 2.40. The van der Waals surface area contributed by atoms with Crippen LogP contribution < -0.4 is 9.80 Å². The summed E-state index contributed by atoms with van der Waals surface area (Å²) in [7, 11) is 2.92. The summed E-state index contributed by atoms with van der Waals surface area (Å²) in [4.78, 5) is 29.1. The zero-order valence-corrected chi connectivity index (χ0v) is 20.5. The van der Waals surface area contributed by atoms with E-state index in [4.69, 9.17) is 0 Å². The molecule has 0 spiro atoms. The second-order valence-corrected chi connectivity index (χ2v) is 9.54. The van der Waals surface area contributed by atoms with Crippen molar-refractivity contribution in [1.82, 2.24) is 0 Å². The second-order valence-electron chi connectivity index (χ2n) is 9.54. The van der Waals surface area contributed by atoms with Gasteiger partial charge in [0.05, 0.1) is 68.0 Å². The molecule has 0 radical (unpaired) electrons. The number of anilines is 2. The monoisotopic (exact) mass is 512 g/mol. The molecule has 0 aliphatic carbocycles. The Hall–Kier alpha value is -6.72. The van der Waals surface area contributed by atoms with Gasteiger partial charge in [-0.05, 0) is 12.1 Å². The maximum absolute atomic E-state index is 13.3. The Morgan fingerprint density at radius 3 is 1.12 bits per heavy atom. The minimum absolute atomic E-state index is 0.00914. The summed E-state index contributed by atoms with van der Waals surface area (Å²) in [5, 5.41) is 63.7. The van der Waals surface area contributed by atoms with Crippen LogP contribution in [0.25, 0.3) is 43.1 Å². The van der Waals surface area contributed by atoms with Gasteiger partial charge in [-0.3, -0.25) is 9.59 Å².